The van der Waals surface area contributed by atoms with Crippen LogP contribution in [0, 0.1) is 11.8 Å². The molecule has 3 aromatic rings. The number of hydrogen-bond donors (Lipinski definition) is 2. The minimum absolute atomic E-state index is 0.0325. The van der Waals surface area contributed by atoms with Crippen LogP contribution < -0.4 is 10.0 Å². The molecule has 0 spiro atoms. The first-order chi connectivity index (χ1) is 15.7. The van der Waals surface area contributed by atoms with Crippen molar-refractivity contribution in [1.29, 1.82) is 0 Å². The Kier molecular flexibility index (Phi) is 6.83. The molecule has 1 aliphatic heterocycles. The van der Waals surface area contributed by atoms with E-state index in [2.05, 4.69) is 39.0 Å². The van der Waals surface area contributed by atoms with Crippen LogP contribution in [0.3, 0.4) is 0 Å². The van der Waals surface area contributed by atoms with Crippen LogP contribution in [-0.2, 0) is 10.0 Å². The highest BCUT2D eigenvalue weighted by Crippen LogP contribution is 2.33. The van der Waals surface area contributed by atoms with Gasteiger partial charge in [0.25, 0.3) is 10.0 Å². The molecule has 1 unspecified atom stereocenters. The standard InChI is InChI=1S/C23H23ClF2N4O2S/c1-15(16-6-3-2-4-7-16)30-13-12-17(14-30)27-18-10-11-19(23(26)22(18)24)33(31,32)29-21-9-5-8-20(25)28-21/h2-11,15,17,27H,12-14H2,1H3,(H,28,29)/t15?,17-/m0/s1. The third-order valence-corrected chi connectivity index (χ3v) is 7.44. The molecule has 174 valence electrons. The molecule has 4 rings (SSSR count). The molecular formula is C23H23ClF2N4O2S. The van der Waals surface area contributed by atoms with Crippen molar-refractivity contribution < 1.29 is 17.2 Å². The Morgan fingerprint density at radius 1 is 1.09 bits per heavy atom. The van der Waals surface area contributed by atoms with Gasteiger partial charge in [-0.2, -0.15) is 4.39 Å². The lowest BCUT2D eigenvalue weighted by Crippen LogP contribution is -2.28. The second-order valence-corrected chi connectivity index (χ2v) is 9.93. The molecule has 0 radical (unpaired) electrons. The zero-order valence-corrected chi connectivity index (χ0v) is 19.4. The summed E-state index contributed by atoms with van der Waals surface area (Å²) < 4.78 is 55.5. The third kappa shape index (κ3) is 5.26. The van der Waals surface area contributed by atoms with E-state index in [0.29, 0.717) is 5.69 Å². The van der Waals surface area contributed by atoms with E-state index >= 15 is 0 Å². The summed E-state index contributed by atoms with van der Waals surface area (Å²) in [6.07, 6.45) is 0.835. The number of hydrogen-bond acceptors (Lipinski definition) is 5. The normalized spacial score (nSPS) is 17.6. The zero-order valence-electron chi connectivity index (χ0n) is 17.8. The fourth-order valence-electron chi connectivity index (χ4n) is 3.93. The molecular weight excluding hydrogens is 470 g/mol. The number of sulfonamides is 1. The van der Waals surface area contributed by atoms with Crippen LogP contribution >= 0.6 is 11.6 Å². The molecule has 0 aliphatic carbocycles. The maximum atomic E-state index is 14.9. The van der Waals surface area contributed by atoms with Gasteiger partial charge in [0.1, 0.15) is 15.7 Å². The minimum atomic E-state index is -4.35. The smallest absolute Gasteiger partial charge is 0.266 e. The van der Waals surface area contributed by atoms with Gasteiger partial charge in [0, 0.05) is 25.2 Å². The summed E-state index contributed by atoms with van der Waals surface area (Å²) in [6, 6.07) is 16.6. The summed E-state index contributed by atoms with van der Waals surface area (Å²) >= 11 is 6.19. The van der Waals surface area contributed by atoms with Gasteiger partial charge in [-0.1, -0.05) is 48.0 Å². The molecule has 1 saturated heterocycles. The van der Waals surface area contributed by atoms with Crippen molar-refractivity contribution in [3.8, 4) is 0 Å². The summed E-state index contributed by atoms with van der Waals surface area (Å²) in [7, 11) is -4.35. The van der Waals surface area contributed by atoms with E-state index in [0.717, 1.165) is 31.6 Å². The maximum Gasteiger partial charge on any atom is 0.266 e. The van der Waals surface area contributed by atoms with Crippen molar-refractivity contribution in [2.24, 2.45) is 0 Å². The van der Waals surface area contributed by atoms with E-state index < -0.39 is 26.7 Å². The summed E-state index contributed by atoms with van der Waals surface area (Å²) in [4.78, 5) is 5.12. The third-order valence-electron chi connectivity index (χ3n) is 5.70. The van der Waals surface area contributed by atoms with Gasteiger partial charge in [-0.05, 0) is 43.2 Å². The number of pyridine rings is 1. The van der Waals surface area contributed by atoms with E-state index in [1.165, 1.54) is 23.8 Å². The van der Waals surface area contributed by atoms with E-state index in [1.807, 2.05) is 18.2 Å². The molecule has 2 aromatic carbocycles. The summed E-state index contributed by atoms with van der Waals surface area (Å²) in [6.45, 7) is 3.75. The quantitative estimate of drug-likeness (QED) is 0.451. The Balaban J connectivity index is 1.46. The van der Waals surface area contributed by atoms with Gasteiger partial charge in [-0.25, -0.2) is 17.8 Å². The highest BCUT2D eigenvalue weighted by Gasteiger charge is 2.29. The fraction of sp³-hybridized carbons (Fsp3) is 0.261. The van der Waals surface area contributed by atoms with Crippen molar-refractivity contribution in [2.45, 2.75) is 30.3 Å². The van der Waals surface area contributed by atoms with Gasteiger partial charge in [0.05, 0.1) is 5.69 Å². The largest absolute Gasteiger partial charge is 0.380 e. The van der Waals surface area contributed by atoms with Crippen LogP contribution in [0.15, 0.2) is 65.6 Å². The van der Waals surface area contributed by atoms with Gasteiger partial charge in [-0.15, -0.1) is 0 Å². The van der Waals surface area contributed by atoms with Crippen molar-refractivity contribution in [1.82, 2.24) is 9.88 Å². The molecule has 2 atom stereocenters. The van der Waals surface area contributed by atoms with E-state index in [9.17, 15) is 17.2 Å². The molecule has 1 aromatic heterocycles. The van der Waals surface area contributed by atoms with E-state index in [-0.39, 0.29) is 22.9 Å². The van der Waals surface area contributed by atoms with Crippen molar-refractivity contribution in [2.75, 3.05) is 23.1 Å². The first-order valence-corrected chi connectivity index (χ1v) is 12.3. The number of rotatable bonds is 7. The second kappa shape index (κ2) is 9.62. The van der Waals surface area contributed by atoms with Crippen molar-refractivity contribution >= 4 is 33.1 Å². The number of likely N-dealkylation sites (tertiary alicyclic amines) is 1. The lowest BCUT2D eigenvalue weighted by atomic mass is 10.1. The van der Waals surface area contributed by atoms with Gasteiger partial charge in [0.2, 0.25) is 5.95 Å². The second-order valence-electron chi connectivity index (χ2n) is 7.90. The van der Waals surface area contributed by atoms with Crippen LogP contribution in [-0.4, -0.2) is 37.4 Å². The van der Waals surface area contributed by atoms with Gasteiger partial charge in [-0.3, -0.25) is 9.62 Å². The molecule has 2 N–H and O–H groups in total. The van der Waals surface area contributed by atoms with Gasteiger partial charge in [0.15, 0.2) is 5.82 Å². The van der Waals surface area contributed by atoms with Crippen molar-refractivity contribution in [3.05, 3.63) is 83.0 Å². The molecule has 0 saturated carbocycles. The van der Waals surface area contributed by atoms with Crippen molar-refractivity contribution in [3.63, 3.8) is 0 Å². The Hall–Kier alpha value is -2.75. The first-order valence-electron chi connectivity index (χ1n) is 10.4. The predicted molar refractivity (Wildman–Crippen MR) is 125 cm³/mol. The summed E-state index contributed by atoms with van der Waals surface area (Å²) in [5, 5.41) is 2.91. The first kappa shape index (κ1) is 23.4. The molecule has 33 heavy (non-hydrogen) atoms. The van der Waals surface area contributed by atoms with Gasteiger partial charge >= 0.3 is 0 Å². The van der Waals surface area contributed by atoms with Crippen LogP contribution in [0.5, 0.6) is 0 Å². The minimum Gasteiger partial charge on any atom is -0.380 e. The lowest BCUT2D eigenvalue weighted by Gasteiger charge is -2.25. The number of nitrogens with one attached hydrogen (secondary N) is 2. The number of halogens is 3. The highest BCUT2D eigenvalue weighted by atomic mass is 35.5. The van der Waals surface area contributed by atoms with E-state index in [1.54, 1.807) is 0 Å². The van der Waals surface area contributed by atoms with Crippen LogP contribution in [0.4, 0.5) is 20.3 Å². The topological polar surface area (TPSA) is 74.3 Å². The summed E-state index contributed by atoms with van der Waals surface area (Å²) in [5.41, 5.74) is 1.54. The van der Waals surface area contributed by atoms with Crippen LogP contribution in [0.2, 0.25) is 5.02 Å². The highest BCUT2D eigenvalue weighted by molar-refractivity contribution is 7.92. The number of nitrogens with zero attached hydrogens (tertiary/aromatic N) is 2. The number of aromatic nitrogens is 1. The fourth-order valence-corrected chi connectivity index (χ4v) is 5.29. The molecule has 6 nitrogen and oxygen atoms in total. The lowest BCUT2D eigenvalue weighted by molar-refractivity contribution is 0.261. The maximum absolute atomic E-state index is 14.9. The Labute approximate surface area is 196 Å². The summed E-state index contributed by atoms with van der Waals surface area (Å²) in [5.74, 6) is -2.20. The molecule has 2 heterocycles. The molecule has 0 amide bonds. The number of benzene rings is 2. The average molecular weight is 493 g/mol. The van der Waals surface area contributed by atoms with E-state index in [4.69, 9.17) is 11.6 Å². The molecule has 1 fully saturated rings. The number of anilines is 2. The molecule has 0 bridgehead atoms. The SMILES string of the molecule is CC(c1ccccc1)N1CC[C@H](Nc2ccc(S(=O)(=O)Nc3cccc(F)n3)c(F)c2Cl)C1. The Morgan fingerprint density at radius 2 is 1.85 bits per heavy atom. The Bertz CT molecular complexity index is 1240. The van der Waals surface area contributed by atoms with Crippen LogP contribution in [0.25, 0.3) is 0 Å². The zero-order chi connectivity index (χ0) is 23.6. The molecule has 10 heteroatoms. The predicted octanol–water partition coefficient (Wildman–Crippen LogP) is 5.06. The monoisotopic (exact) mass is 492 g/mol. The average Bonchev–Trinajstić information content (AvgIpc) is 3.25. The van der Waals surface area contributed by atoms with Crippen LogP contribution in [0.1, 0.15) is 24.9 Å². The van der Waals surface area contributed by atoms with Gasteiger partial charge < -0.3 is 5.32 Å². The Morgan fingerprint density at radius 3 is 2.58 bits per heavy atom. The molecule has 1 aliphatic rings.